The van der Waals surface area contributed by atoms with Crippen LogP contribution >= 0.6 is 15.9 Å². The number of para-hydroxylation sites is 1. The first-order valence-corrected chi connectivity index (χ1v) is 7.76. The third kappa shape index (κ3) is 3.41. The van der Waals surface area contributed by atoms with Crippen LogP contribution < -0.4 is 10.1 Å². The lowest BCUT2D eigenvalue weighted by molar-refractivity contribution is 0.218. The van der Waals surface area contributed by atoms with E-state index in [9.17, 15) is 0 Å². The van der Waals surface area contributed by atoms with Crippen LogP contribution in [0.15, 0.2) is 53.0 Å². The maximum Gasteiger partial charge on any atom is 0.122 e. The van der Waals surface area contributed by atoms with Crippen LogP contribution in [0.3, 0.4) is 0 Å². The summed E-state index contributed by atoms with van der Waals surface area (Å²) in [5.74, 6) is 1.61. The molecule has 1 heterocycles. The Hall–Kier alpha value is -1.32. The van der Waals surface area contributed by atoms with Crippen LogP contribution in [0.2, 0.25) is 0 Å². The lowest BCUT2D eigenvalue weighted by Gasteiger charge is -2.25. The van der Waals surface area contributed by atoms with Crippen molar-refractivity contribution in [2.75, 3.05) is 13.2 Å². The van der Waals surface area contributed by atoms with Gasteiger partial charge in [-0.3, -0.25) is 0 Å². The van der Waals surface area contributed by atoms with Gasteiger partial charge in [0.2, 0.25) is 0 Å². The standard InChI is InChI=1S/C17H18BrNO/c18-16-7-5-13(6-8-16)10-19-11-14-9-15-3-1-2-4-17(15)20-12-14/h1-8,14,19H,9-12H2. The lowest BCUT2D eigenvalue weighted by Crippen LogP contribution is -2.31. The summed E-state index contributed by atoms with van der Waals surface area (Å²) in [6, 6.07) is 16.8. The van der Waals surface area contributed by atoms with Gasteiger partial charge in [0, 0.05) is 23.5 Å². The fourth-order valence-corrected chi connectivity index (χ4v) is 2.81. The summed E-state index contributed by atoms with van der Waals surface area (Å²) in [6.07, 6.45) is 1.10. The molecule has 0 bridgehead atoms. The molecule has 1 unspecified atom stereocenters. The highest BCUT2D eigenvalue weighted by Gasteiger charge is 2.18. The molecule has 0 aromatic heterocycles. The Morgan fingerprint density at radius 3 is 2.75 bits per heavy atom. The van der Waals surface area contributed by atoms with E-state index in [2.05, 4.69) is 63.7 Å². The Balaban J connectivity index is 1.49. The average Bonchev–Trinajstić information content (AvgIpc) is 2.49. The van der Waals surface area contributed by atoms with Gasteiger partial charge in [0.05, 0.1) is 6.61 Å². The van der Waals surface area contributed by atoms with E-state index in [1.807, 2.05) is 6.07 Å². The second-order valence-corrected chi connectivity index (χ2v) is 6.16. The Morgan fingerprint density at radius 2 is 1.90 bits per heavy atom. The van der Waals surface area contributed by atoms with Gasteiger partial charge in [-0.25, -0.2) is 0 Å². The summed E-state index contributed by atoms with van der Waals surface area (Å²) in [4.78, 5) is 0. The number of ether oxygens (including phenoxy) is 1. The van der Waals surface area contributed by atoms with E-state index >= 15 is 0 Å². The zero-order valence-electron chi connectivity index (χ0n) is 11.3. The first-order valence-electron chi connectivity index (χ1n) is 6.97. The highest BCUT2D eigenvalue weighted by atomic mass is 79.9. The van der Waals surface area contributed by atoms with Gasteiger partial charge in [-0.15, -0.1) is 0 Å². The quantitative estimate of drug-likeness (QED) is 0.920. The molecule has 3 heteroatoms. The molecule has 1 aliphatic rings. The number of rotatable bonds is 4. The van der Waals surface area contributed by atoms with Crippen molar-refractivity contribution in [1.82, 2.24) is 5.32 Å². The predicted molar refractivity (Wildman–Crippen MR) is 85.0 cm³/mol. The zero-order chi connectivity index (χ0) is 13.8. The Labute approximate surface area is 128 Å². The molecule has 0 radical (unpaired) electrons. The monoisotopic (exact) mass is 331 g/mol. The minimum atomic E-state index is 0.556. The van der Waals surface area contributed by atoms with Crippen LogP contribution in [0, 0.1) is 5.92 Å². The zero-order valence-corrected chi connectivity index (χ0v) is 12.9. The molecule has 3 rings (SSSR count). The van der Waals surface area contributed by atoms with E-state index in [0.717, 1.165) is 36.3 Å². The Morgan fingerprint density at radius 1 is 1.10 bits per heavy atom. The van der Waals surface area contributed by atoms with Crippen molar-refractivity contribution in [3.8, 4) is 5.75 Å². The SMILES string of the molecule is Brc1ccc(CNCC2COc3ccccc3C2)cc1. The van der Waals surface area contributed by atoms with Crippen LogP contribution in [0.5, 0.6) is 5.75 Å². The molecule has 0 amide bonds. The molecule has 0 saturated carbocycles. The van der Waals surface area contributed by atoms with Crippen molar-refractivity contribution in [1.29, 1.82) is 0 Å². The second-order valence-electron chi connectivity index (χ2n) is 5.25. The molecule has 1 aliphatic heterocycles. The first-order chi connectivity index (χ1) is 9.81. The minimum Gasteiger partial charge on any atom is -0.493 e. The Kier molecular flexibility index (Phi) is 4.38. The largest absolute Gasteiger partial charge is 0.493 e. The third-order valence-corrected chi connectivity index (χ3v) is 4.16. The van der Waals surface area contributed by atoms with Crippen molar-refractivity contribution in [2.45, 2.75) is 13.0 Å². The van der Waals surface area contributed by atoms with Gasteiger partial charge in [0.25, 0.3) is 0 Å². The fourth-order valence-electron chi connectivity index (χ4n) is 2.54. The lowest BCUT2D eigenvalue weighted by atomic mass is 9.97. The van der Waals surface area contributed by atoms with E-state index in [4.69, 9.17) is 4.74 Å². The maximum atomic E-state index is 5.81. The summed E-state index contributed by atoms with van der Waals surface area (Å²) in [7, 11) is 0. The molecule has 2 nitrogen and oxygen atoms in total. The van der Waals surface area contributed by atoms with E-state index in [1.165, 1.54) is 11.1 Å². The molecule has 1 N–H and O–H groups in total. The summed E-state index contributed by atoms with van der Waals surface area (Å²) in [5, 5.41) is 3.53. The molecular weight excluding hydrogens is 314 g/mol. The molecule has 20 heavy (non-hydrogen) atoms. The molecule has 0 saturated heterocycles. The molecule has 2 aromatic rings. The molecule has 104 valence electrons. The minimum absolute atomic E-state index is 0.556. The summed E-state index contributed by atoms with van der Waals surface area (Å²) in [6.45, 7) is 2.71. The van der Waals surface area contributed by atoms with Gasteiger partial charge in [-0.2, -0.15) is 0 Å². The van der Waals surface area contributed by atoms with Crippen LogP contribution in [-0.4, -0.2) is 13.2 Å². The van der Waals surface area contributed by atoms with Gasteiger partial charge >= 0.3 is 0 Å². The molecule has 1 atom stereocenters. The number of nitrogens with one attached hydrogen (secondary N) is 1. The van der Waals surface area contributed by atoms with Crippen molar-refractivity contribution in [3.05, 3.63) is 64.1 Å². The smallest absolute Gasteiger partial charge is 0.122 e. The van der Waals surface area contributed by atoms with Crippen molar-refractivity contribution in [3.63, 3.8) is 0 Å². The van der Waals surface area contributed by atoms with E-state index in [1.54, 1.807) is 0 Å². The molecule has 0 aliphatic carbocycles. The average molecular weight is 332 g/mol. The Bertz CT molecular complexity index is 567. The van der Waals surface area contributed by atoms with Crippen LogP contribution in [-0.2, 0) is 13.0 Å². The highest BCUT2D eigenvalue weighted by molar-refractivity contribution is 9.10. The number of hydrogen-bond donors (Lipinski definition) is 1. The summed E-state index contributed by atoms with van der Waals surface area (Å²) >= 11 is 3.45. The summed E-state index contributed by atoms with van der Waals surface area (Å²) < 4.78 is 6.93. The van der Waals surface area contributed by atoms with Crippen molar-refractivity contribution < 1.29 is 4.74 Å². The van der Waals surface area contributed by atoms with Gasteiger partial charge in [0.1, 0.15) is 5.75 Å². The molecular formula is C17H18BrNO. The second kappa shape index (κ2) is 6.42. The normalized spacial score (nSPS) is 17.4. The van der Waals surface area contributed by atoms with E-state index in [0.29, 0.717) is 5.92 Å². The highest BCUT2D eigenvalue weighted by Crippen LogP contribution is 2.26. The molecule has 0 spiro atoms. The summed E-state index contributed by atoms with van der Waals surface area (Å²) in [5.41, 5.74) is 2.64. The van der Waals surface area contributed by atoms with E-state index in [-0.39, 0.29) is 0 Å². The molecule has 2 aromatic carbocycles. The first kappa shape index (κ1) is 13.7. The van der Waals surface area contributed by atoms with Gasteiger partial charge in [-0.05, 0) is 35.7 Å². The maximum absolute atomic E-state index is 5.81. The third-order valence-electron chi connectivity index (χ3n) is 3.63. The van der Waals surface area contributed by atoms with Crippen molar-refractivity contribution in [2.24, 2.45) is 5.92 Å². The van der Waals surface area contributed by atoms with Crippen LogP contribution in [0.25, 0.3) is 0 Å². The van der Waals surface area contributed by atoms with Gasteiger partial charge in [0.15, 0.2) is 0 Å². The van der Waals surface area contributed by atoms with Crippen LogP contribution in [0.1, 0.15) is 11.1 Å². The fraction of sp³-hybridized carbons (Fsp3) is 0.294. The van der Waals surface area contributed by atoms with Gasteiger partial charge in [-0.1, -0.05) is 46.3 Å². The van der Waals surface area contributed by atoms with Crippen LogP contribution in [0.4, 0.5) is 0 Å². The van der Waals surface area contributed by atoms with Gasteiger partial charge < -0.3 is 10.1 Å². The number of halogens is 1. The van der Waals surface area contributed by atoms with Crippen molar-refractivity contribution >= 4 is 15.9 Å². The number of hydrogen-bond acceptors (Lipinski definition) is 2. The van der Waals surface area contributed by atoms with E-state index < -0.39 is 0 Å². The topological polar surface area (TPSA) is 21.3 Å². The molecule has 0 fully saturated rings. The number of fused-ring (bicyclic) bond motifs is 1. The number of benzene rings is 2. The predicted octanol–water partition coefficient (Wildman–Crippen LogP) is 3.79.